The van der Waals surface area contributed by atoms with Gasteiger partial charge in [0.15, 0.2) is 12.5 Å². The molecule has 6 heteroatoms. The molecule has 2 aromatic heterocycles. The molecule has 0 aliphatic heterocycles. The Kier molecular flexibility index (Phi) is 5.28. The number of aryl methyl sites for hydroxylation is 1. The quantitative estimate of drug-likeness (QED) is 0.685. The minimum absolute atomic E-state index is 0.762. The summed E-state index contributed by atoms with van der Waals surface area (Å²) in [5.74, 6) is 0.973. The zero-order valence-electron chi connectivity index (χ0n) is 14.3. The molecule has 4 nitrogen and oxygen atoms in total. The second-order valence-electron chi connectivity index (χ2n) is 6.05. The molecule has 0 amide bonds. The molecule has 3 aromatic rings. The molecule has 0 saturated heterocycles. The fraction of sp³-hybridized carbons (Fsp3) is 0.333. The van der Waals surface area contributed by atoms with Gasteiger partial charge in [0.1, 0.15) is 6.54 Å². The van der Waals surface area contributed by atoms with Gasteiger partial charge in [-0.1, -0.05) is 30.3 Å². The van der Waals surface area contributed by atoms with Crippen LogP contribution in [0.4, 0.5) is 0 Å². The Balaban J connectivity index is 1.83. The van der Waals surface area contributed by atoms with Gasteiger partial charge < -0.3 is 4.90 Å². The van der Waals surface area contributed by atoms with Crippen molar-refractivity contribution < 1.29 is 4.90 Å². The van der Waals surface area contributed by atoms with Crippen LogP contribution >= 0.6 is 23.6 Å². The molecule has 1 aromatic carbocycles. The zero-order chi connectivity index (χ0) is 17.1. The lowest BCUT2D eigenvalue weighted by Gasteiger charge is -2.15. The first-order chi connectivity index (χ1) is 11.6. The van der Waals surface area contributed by atoms with Gasteiger partial charge in [-0.15, -0.1) is 16.4 Å². The summed E-state index contributed by atoms with van der Waals surface area (Å²) in [6.07, 6.45) is 0. The van der Waals surface area contributed by atoms with E-state index in [2.05, 4.69) is 67.2 Å². The third kappa shape index (κ3) is 3.50. The van der Waals surface area contributed by atoms with Gasteiger partial charge in [0, 0.05) is 12.1 Å². The van der Waals surface area contributed by atoms with Crippen LogP contribution in [-0.2, 0) is 19.8 Å². The van der Waals surface area contributed by atoms with Crippen LogP contribution in [0.5, 0.6) is 0 Å². The number of hydrogen-bond acceptors (Lipinski definition) is 3. The Hall–Kier alpha value is -1.76. The van der Waals surface area contributed by atoms with Crippen molar-refractivity contribution in [1.82, 2.24) is 14.3 Å². The van der Waals surface area contributed by atoms with Crippen molar-refractivity contribution in [3.8, 4) is 10.7 Å². The van der Waals surface area contributed by atoms with Crippen LogP contribution in [0.3, 0.4) is 0 Å². The van der Waals surface area contributed by atoms with Gasteiger partial charge in [-0.25, -0.2) is 0 Å². The van der Waals surface area contributed by atoms with Crippen LogP contribution in [0, 0.1) is 11.7 Å². The first-order valence-electron chi connectivity index (χ1n) is 8.17. The van der Waals surface area contributed by atoms with Crippen LogP contribution in [0.2, 0.25) is 0 Å². The third-order valence-electron chi connectivity index (χ3n) is 4.15. The highest BCUT2D eigenvalue weighted by Crippen LogP contribution is 2.23. The van der Waals surface area contributed by atoms with Crippen molar-refractivity contribution in [2.24, 2.45) is 0 Å². The highest BCUT2D eigenvalue weighted by molar-refractivity contribution is 7.71. The molecule has 3 rings (SSSR count). The highest BCUT2D eigenvalue weighted by Gasteiger charge is 2.15. The van der Waals surface area contributed by atoms with Gasteiger partial charge in [-0.05, 0) is 43.1 Å². The Bertz CT molecular complexity index is 862. The number of aromatic nitrogens is 3. The van der Waals surface area contributed by atoms with E-state index in [0.29, 0.717) is 0 Å². The molecule has 1 N–H and O–H groups in total. The topological polar surface area (TPSA) is 27.2 Å². The number of benzene rings is 1. The molecule has 1 atom stereocenters. The van der Waals surface area contributed by atoms with E-state index in [0.717, 1.165) is 30.4 Å². The molecule has 1 unspecified atom stereocenters. The van der Waals surface area contributed by atoms with Crippen LogP contribution in [-0.4, -0.2) is 21.4 Å². The van der Waals surface area contributed by atoms with E-state index in [1.807, 2.05) is 4.68 Å². The predicted molar refractivity (Wildman–Crippen MR) is 102 cm³/mol. The molecule has 0 spiro atoms. The van der Waals surface area contributed by atoms with E-state index in [4.69, 9.17) is 17.3 Å². The lowest BCUT2D eigenvalue weighted by molar-refractivity contribution is -0.917. The Morgan fingerprint density at radius 2 is 2.00 bits per heavy atom. The van der Waals surface area contributed by atoms with E-state index in [-0.39, 0.29) is 0 Å². The lowest BCUT2D eigenvalue weighted by Crippen LogP contribution is -3.07. The van der Waals surface area contributed by atoms with E-state index < -0.39 is 0 Å². The molecule has 0 aliphatic rings. The second-order valence-corrected chi connectivity index (χ2v) is 7.36. The summed E-state index contributed by atoms with van der Waals surface area (Å²) in [4.78, 5) is 2.53. The molecule has 2 heterocycles. The monoisotopic (exact) mass is 359 g/mol. The van der Waals surface area contributed by atoms with Crippen LogP contribution < -0.4 is 4.90 Å². The maximum Gasteiger partial charge on any atom is 0.203 e. The number of quaternary nitrogens is 1. The summed E-state index contributed by atoms with van der Waals surface area (Å²) in [6, 6.07) is 12.7. The Morgan fingerprint density at radius 3 is 2.67 bits per heavy atom. The second kappa shape index (κ2) is 7.42. The zero-order valence-corrected chi connectivity index (χ0v) is 16.0. The maximum absolute atomic E-state index is 5.65. The van der Waals surface area contributed by atoms with Crippen molar-refractivity contribution in [3.05, 3.63) is 57.7 Å². The van der Waals surface area contributed by atoms with Gasteiger partial charge in [-0.2, -0.15) is 4.68 Å². The molecule has 0 bridgehead atoms. The SMILES string of the molecule is CCn1c(-c2cccs2)nn(C[NH+](C)Cc2ccccc2C)c1=S. The van der Waals surface area contributed by atoms with Crippen LogP contribution in [0.1, 0.15) is 18.1 Å². The Labute approximate surface area is 152 Å². The molecule has 24 heavy (non-hydrogen) atoms. The molecule has 126 valence electrons. The molecular weight excluding hydrogens is 336 g/mol. The van der Waals surface area contributed by atoms with E-state index in [1.54, 1.807) is 11.3 Å². The smallest absolute Gasteiger partial charge is 0.203 e. The van der Waals surface area contributed by atoms with Crippen molar-refractivity contribution in [3.63, 3.8) is 0 Å². The molecule has 0 aliphatic carbocycles. The van der Waals surface area contributed by atoms with E-state index in [1.165, 1.54) is 20.9 Å². The molecule has 0 fully saturated rings. The van der Waals surface area contributed by atoms with Crippen LogP contribution in [0.15, 0.2) is 41.8 Å². The largest absolute Gasteiger partial charge is 0.315 e. The highest BCUT2D eigenvalue weighted by atomic mass is 32.1. The number of nitrogens with zero attached hydrogens (tertiary/aromatic N) is 3. The third-order valence-corrected chi connectivity index (χ3v) is 5.45. The summed E-state index contributed by atoms with van der Waals surface area (Å²) in [6.45, 7) is 6.83. The summed E-state index contributed by atoms with van der Waals surface area (Å²) >= 11 is 7.35. The van der Waals surface area contributed by atoms with E-state index in [9.17, 15) is 0 Å². The van der Waals surface area contributed by atoms with Crippen molar-refractivity contribution in [1.29, 1.82) is 0 Å². The standard InChI is InChI=1S/C18H22N4S2/c1-4-21-17(16-10-7-11-24-16)19-22(18(21)23)13-20(3)12-15-9-6-5-8-14(15)2/h5-11H,4,12-13H2,1-3H3/p+1. The molecule has 0 radical (unpaired) electrons. The minimum Gasteiger partial charge on any atom is -0.315 e. The molecular formula is C18H23N4S2+. The van der Waals surface area contributed by atoms with Gasteiger partial charge in [0.25, 0.3) is 0 Å². The average molecular weight is 360 g/mol. The first kappa shape index (κ1) is 17.1. The summed E-state index contributed by atoms with van der Waals surface area (Å²) < 4.78 is 4.87. The fourth-order valence-electron chi connectivity index (χ4n) is 2.86. The number of thiophene rings is 1. The lowest BCUT2D eigenvalue weighted by atomic mass is 10.1. The maximum atomic E-state index is 5.65. The predicted octanol–water partition coefficient (Wildman–Crippen LogP) is 3.14. The summed E-state index contributed by atoms with van der Waals surface area (Å²) in [5.41, 5.74) is 2.70. The van der Waals surface area contributed by atoms with Gasteiger partial charge in [-0.3, -0.25) is 4.57 Å². The van der Waals surface area contributed by atoms with E-state index >= 15 is 0 Å². The first-order valence-corrected chi connectivity index (χ1v) is 9.46. The average Bonchev–Trinajstić information content (AvgIpc) is 3.18. The van der Waals surface area contributed by atoms with Gasteiger partial charge in [0.05, 0.1) is 11.9 Å². The fourth-order valence-corrected chi connectivity index (χ4v) is 3.90. The number of rotatable bonds is 6. The van der Waals surface area contributed by atoms with Crippen molar-refractivity contribution in [2.75, 3.05) is 7.05 Å². The summed E-state index contributed by atoms with van der Waals surface area (Å²) in [7, 11) is 2.18. The molecule has 0 saturated carbocycles. The van der Waals surface area contributed by atoms with Crippen LogP contribution in [0.25, 0.3) is 10.7 Å². The van der Waals surface area contributed by atoms with Gasteiger partial charge >= 0.3 is 0 Å². The van der Waals surface area contributed by atoms with Gasteiger partial charge in [0.2, 0.25) is 4.77 Å². The Morgan fingerprint density at radius 1 is 1.21 bits per heavy atom. The number of hydrogen-bond donors (Lipinski definition) is 1. The van der Waals surface area contributed by atoms with Crippen molar-refractivity contribution in [2.45, 2.75) is 33.6 Å². The minimum atomic E-state index is 0.762. The summed E-state index contributed by atoms with van der Waals surface area (Å²) in [5, 5.41) is 6.87. The van der Waals surface area contributed by atoms with Crippen molar-refractivity contribution >= 4 is 23.6 Å². The normalized spacial score (nSPS) is 12.5. The number of nitrogens with one attached hydrogen (secondary N) is 1.